The average molecular weight is 328 g/mol. The quantitative estimate of drug-likeness (QED) is 0.827. The van der Waals surface area contributed by atoms with E-state index in [0.29, 0.717) is 28.6 Å². The van der Waals surface area contributed by atoms with Gasteiger partial charge in [0.2, 0.25) is 0 Å². The number of likely N-dealkylation sites (tertiary alicyclic amines) is 1. The van der Waals surface area contributed by atoms with E-state index < -0.39 is 0 Å². The molecule has 0 bridgehead atoms. The van der Waals surface area contributed by atoms with Gasteiger partial charge in [-0.05, 0) is 38.0 Å². The Balaban J connectivity index is 2.23. The van der Waals surface area contributed by atoms with Crippen LogP contribution in [0.5, 0.6) is 0 Å². The van der Waals surface area contributed by atoms with Crippen LogP contribution in [0.1, 0.15) is 49.4 Å². The van der Waals surface area contributed by atoms with Crippen LogP contribution in [0.3, 0.4) is 0 Å². The molecule has 0 saturated carbocycles. The minimum atomic E-state index is -0.0679. The lowest BCUT2D eigenvalue weighted by atomic mass is 10.0. The Morgan fingerprint density at radius 2 is 1.95 bits per heavy atom. The van der Waals surface area contributed by atoms with Gasteiger partial charge in [0.15, 0.2) is 0 Å². The summed E-state index contributed by atoms with van der Waals surface area (Å²) in [6.07, 6.45) is 4.43. The molecule has 1 aliphatic rings. The average Bonchev–Trinajstić information content (AvgIpc) is 2.66. The number of carbonyl (C=O) groups is 2. The lowest BCUT2D eigenvalue weighted by Gasteiger charge is -2.29. The first kappa shape index (κ1) is 16.3. The predicted octanol–water partition coefficient (Wildman–Crippen LogP) is 4.36. The van der Waals surface area contributed by atoms with Crippen molar-refractivity contribution in [2.24, 2.45) is 0 Å². The van der Waals surface area contributed by atoms with Gasteiger partial charge >= 0.3 is 0 Å². The lowest BCUT2D eigenvalue weighted by molar-refractivity contribution is -0.118. The fourth-order valence-electron chi connectivity index (χ4n) is 2.78. The highest BCUT2D eigenvalue weighted by Crippen LogP contribution is 2.26. The van der Waals surface area contributed by atoms with Crippen LogP contribution in [-0.4, -0.2) is 29.2 Å². The molecule has 0 radical (unpaired) electrons. The summed E-state index contributed by atoms with van der Waals surface area (Å²) in [6, 6.07) is 4.91. The smallest absolute Gasteiger partial charge is 0.254 e. The number of halogens is 2. The van der Waals surface area contributed by atoms with Gasteiger partial charge in [-0.3, -0.25) is 9.59 Å². The normalized spacial score (nSPS) is 19.2. The molecule has 1 aliphatic heterocycles. The summed E-state index contributed by atoms with van der Waals surface area (Å²) >= 11 is 11.9. The zero-order chi connectivity index (χ0) is 15.4. The molecule has 1 heterocycles. The van der Waals surface area contributed by atoms with Crippen molar-refractivity contribution < 1.29 is 9.59 Å². The summed E-state index contributed by atoms with van der Waals surface area (Å²) in [6.45, 7) is 2.27. The van der Waals surface area contributed by atoms with Gasteiger partial charge in [0.05, 0.1) is 10.0 Å². The van der Waals surface area contributed by atoms with Crippen molar-refractivity contribution in [2.45, 2.75) is 45.1 Å². The first-order valence-electron chi connectivity index (χ1n) is 7.24. The zero-order valence-electron chi connectivity index (χ0n) is 12.1. The molecule has 1 unspecified atom stereocenters. The molecular formula is C16H19Cl2NO2. The Labute approximate surface area is 135 Å². The van der Waals surface area contributed by atoms with Gasteiger partial charge in [-0.15, -0.1) is 0 Å². The van der Waals surface area contributed by atoms with E-state index in [1.54, 1.807) is 25.1 Å². The van der Waals surface area contributed by atoms with Crippen molar-refractivity contribution >= 4 is 34.9 Å². The van der Waals surface area contributed by atoms with Crippen molar-refractivity contribution in [3.63, 3.8) is 0 Å². The second-order valence-electron chi connectivity index (χ2n) is 5.54. The van der Waals surface area contributed by atoms with Gasteiger partial charge in [0.1, 0.15) is 5.78 Å². The van der Waals surface area contributed by atoms with Gasteiger partial charge in [0, 0.05) is 24.6 Å². The number of hydrogen-bond donors (Lipinski definition) is 0. The maximum Gasteiger partial charge on any atom is 0.254 e. The second kappa shape index (κ2) is 7.28. The van der Waals surface area contributed by atoms with Crippen LogP contribution in [0.25, 0.3) is 0 Å². The van der Waals surface area contributed by atoms with E-state index in [1.807, 2.05) is 4.90 Å². The van der Waals surface area contributed by atoms with E-state index in [2.05, 4.69) is 0 Å². The number of hydrogen-bond acceptors (Lipinski definition) is 2. The molecule has 21 heavy (non-hydrogen) atoms. The molecule has 1 saturated heterocycles. The molecule has 1 fully saturated rings. The third-order valence-corrected chi connectivity index (χ3v) is 4.57. The molecule has 3 nitrogen and oxygen atoms in total. The summed E-state index contributed by atoms with van der Waals surface area (Å²) in [7, 11) is 0. The van der Waals surface area contributed by atoms with Crippen LogP contribution in [-0.2, 0) is 4.79 Å². The Kier molecular flexibility index (Phi) is 5.65. The molecule has 0 aliphatic carbocycles. The number of benzene rings is 1. The SMILES string of the molecule is CC(=O)CC1CCCCCN1C(=O)c1ccc(Cl)c(Cl)c1. The molecular weight excluding hydrogens is 309 g/mol. The van der Waals surface area contributed by atoms with E-state index in [1.165, 1.54) is 0 Å². The van der Waals surface area contributed by atoms with E-state index in [9.17, 15) is 9.59 Å². The highest BCUT2D eigenvalue weighted by Gasteiger charge is 2.27. The summed E-state index contributed by atoms with van der Waals surface area (Å²) in [4.78, 5) is 26.0. The largest absolute Gasteiger partial charge is 0.335 e. The summed E-state index contributed by atoms with van der Waals surface area (Å²) in [5.74, 6) is 0.0514. The van der Waals surface area contributed by atoms with Crippen LogP contribution < -0.4 is 0 Å². The molecule has 1 aromatic rings. The molecule has 0 N–H and O–H groups in total. The number of ketones is 1. The predicted molar refractivity (Wildman–Crippen MR) is 85.1 cm³/mol. The van der Waals surface area contributed by atoms with Crippen molar-refractivity contribution in [1.82, 2.24) is 4.90 Å². The van der Waals surface area contributed by atoms with E-state index in [-0.39, 0.29) is 17.7 Å². The van der Waals surface area contributed by atoms with Crippen LogP contribution in [0.15, 0.2) is 18.2 Å². The summed E-state index contributed by atoms with van der Waals surface area (Å²) < 4.78 is 0. The van der Waals surface area contributed by atoms with Crippen LogP contribution >= 0.6 is 23.2 Å². The first-order chi connectivity index (χ1) is 9.99. The van der Waals surface area contributed by atoms with E-state index >= 15 is 0 Å². The fourth-order valence-corrected chi connectivity index (χ4v) is 3.08. The fraction of sp³-hybridized carbons (Fsp3) is 0.500. The third kappa shape index (κ3) is 4.21. The minimum Gasteiger partial charge on any atom is -0.335 e. The Hall–Kier alpha value is -1.06. The number of rotatable bonds is 3. The molecule has 5 heteroatoms. The molecule has 0 aromatic heterocycles. The molecule has 114 valence electrons. The highest BCUT2D eigenvalue weighted by molar-refractivity contribution is 6.42. The monoisotopic (exact) mass is 327 g/mol. The number of nitrogens with zero attached hydrogens (tertiary/aromatic N) is 1. The van der Waals surface area contributed by atoms with Crippen LogP contribution in [0.4, 0.5) is 0 Å². The maximum atomic E-state index is 12.7. The highest BCUT2D eigenvalue weighted by atomic mass is 35.5. The van der Waals surface area contributed by atoms with Crippen LogP contribution in [0.2, 0.25) is 10.0 Å². The van der Waals surface area contributed by atoms with Crippen molar-refractivity contribution in [2.75, 3.05) is 6.54 Å². The standard InChI is InChI=1S/C16H19Cl2NO2/c1-11(20)9-13-5-3-2-4-8-19(13)16(21)12-6-7-14(17)15(18)10-12/h6-7,10,13H,2-5,8-9H2,1H3. The number of Topliss-reactive ketones (excluding diaryl/α,β-unsaturated/α-hetero) is 1. The molecule has 2 rings (SSSR count). The maximum absolute atomic E-state index is 12.7. The number of amides is 1. The molecule has 1 atom stereocenters. The minimum absolute atomic E-state index is 0.00745. The van der Waals surface area contributed by atoms with Crippen molar-refractivity contribution in [3.8, 4) is 0 Å². The van der Waals surface area contributed by atoms with Gasteiger partial charge in [-0.25, -0.2) is 0 Å². The second-order valence-corrected chi connectivity index (χ2v) is 6.35. The topological polar surface area (TPSA) is 37.4 Å². The van der Waals surface area contributed by atoms with Gasteiger partial charge in [-0.1, -0.05) is 36.0 Å². The summed E-state index contributed by atoms with van der Waals surface area (Å²) in [5.41, 5.74) is 0.528. The Bertz CT molecular complexity index is 545. The van der Waals surface area contributed by atoms with Crippen molar-refractivity contribution in [3.05, 3.63) is 33.8 Å². The molecule has 1 aromatic carbocycles. The Morgan fingerprint density at radius 1 is 1.19 bits per heavy atom. The van der Waals surface area contributed by atoms with Gasteiger partial charge < -0.3 is 4.90 Å². The van der Waals surface area contributed by atoms with Crippen molar-refractivity contribution in [1.29, 1.82) is 0 Å². The first-order valence-corrected chi connectivity index (χ1v) is 8.00. The van der Waals surface area contributed by atoms with E-state index in [4.69, 9.17) is 23.2 Å². The third-order valence-electron chi connectivity index (χ3n) is 3.83. The summed E-state index contributed by atoms with van der Waals surface area (Å²) in [5, 5.41) is 0.810. The van der Waals surface area contributed by atoms with Crippen LogP contribution in [0, 0.1) is 0 Å². The zero-order valence-corrected chi connectivity index (χ0v) is 13.6. The number of carbonyl (C=O) groups excluding carboxylic acids is 2. The molecule has 0 spiro atoms. The van der Waals surface area contributed by atoms with Gasteiger partial charge in [-0.2, -0.15) is 0 Å². The van der Waals surface area contributed by atoms with E-state index in [0.717, 1.165) is 25.7 Å². The van der Waals surface area contributed by atoms with Gasteiger partial charge in [0.25, 0.3) is 5.91 Å². The molecule has 1 amide bonds. The lowest BCUT2D eigenvalue weighted by Crippen LogP contribution is -2.41. The Morgan fingerprint density at radius 3 is 2.62 bits per heavy atom.